The summed E-state index contributed by atoms with van der Waals surface area (Å²) in [4.78, 5) is 26.3. The third-order valence-electron chi connectivity index (χ3n) is 4.33. The molecule has 2 aromatic carbocycles. The molecule has 0 aromatic heterocycles. The summed E-state index contributed by atoms with van der Waals surface area (Å²) in [6.45, 7) is 1.92. The molecular weight excluding hydrogens is 427 g/mol. The van der Waals surface area contributed by atoms with Gasteiger partial charge in [0.2, 0.25) is 10.0 Å². The van der Waals surface area contributed by atoms with E-state index in [9.17, 15) is 18.0 Å². The van der Waals surface area contributed by atoms with Crippen molar-refractivity contribution in [3.63, 3.8) is 0 Å². The molecule has 148 valence electrons. The van der Waals surface area contributed by atoms with Crippen molar-refractivity contribution in [3.05, 3.63) is 57.6 Å². The Hall–Kier alpha value is -2.13. The lowest BCUT2D eigenvalue weighted by Crippen LogP contribution is -2.39. The third kappa shape index (κ3) is 4.00. The van der Waals surface area contributed by atoms with Crippen molar-refractivity contribution in [2.75, 3.05) is 11.4 Å². The lowest BCUT2D eigenvalue weighted by Gasteiger charge is -2.22. The van der Waals surface area contributed by atoms with E-state index in [-0.39, 0.29) is 15.6 Å². The standard InChI is InChI=1S/C18H16Cl2N2O5S/c1-10(17(23)22-7-6-11-4-2-3-5-15(11)22)27-18(24)12-8-16(28(21,25)26)14(20)9-13(12)19/h2-5,8-10H,6-7H2,1H3,(H2,21,25,26)/t10-/m1/s1. The summed E-state index contributed by atoms with van der Waals surface area (Å²) < 4.78 is 28.4. The van der Waals surface area contributed by atoms with Crippen LogP contribution in [-0.4, -0.2) is 32.9 Å². The van der Waals surface area contributed by atoms with E-state index in [1.807, 2.05) is 24.3 Å². The number of amides is 1. The van der Waals surface area contributed by atoms with Gasteiger partial charge in [-0.15, -0.1) is 0 Å². The maximum atomic E-state index is 12.7. The van der Waals surface area contributed by atoms with Gasteiger partial charge in [-0.25, -0.2) is 18.4 Å². The molecule has 1 aliphatic heterocycles. The molecule has 2 N–H and O–H groups in total. The fourth-order valence-corrected chi connectivity index (χ4v) is 4.36. The highest BCUT2D eigenvalue weighted by molar-refractivity contribution is 7.89. The number of benzene rings is 2. The van der Waals surface area contributed by atoms with Gasteiger partial charge in [-0.3, -0.25) is 4.79 Å². The zero-order chi connectivity index (χ0) is 20.6. The van der Waals surface area contributed by atoms with Crippen molar-refractivity contribution in [2.45, 2.75) is 24.3 Å². The second-order valence-electron chi connectivity index (χ2n) is 6.22. The highest BCUT2D eigenvalue weighted by Crippen LogP contribution is 2.30. The monoisotopic (exact) mass is 442 g/mol. The summed E-state index contributed by atoms with van der Waals surface area (Å²) in [5, 5.41) is 4.75. The van der Waals surface area contributed by atoms with Crippen LogP contribution in [0.2, 0.25) is 10.0 Å². The second-order valence-corrected chi connectivity index (χ2v) is 8.57. The Kier molecular flexibility index (Phi) is 5.67. The summed E-state index contributed by atoms with van der Waals surface area (Å²) >= 11 is 11.8. The molecule has 7 nitrogen and oxygen atoms in total. The largest absolute Gasteiger partial charge is 0.449 e. The van der Waals surface area contributed by atoms with Gasteiger partial charge in [-0.05, 0) is 37.1 Å². The molecule has 0 fully saturated rings. The molecule has 0 saturated carbocycles. The van der Waals surface area contributed by atoms with Crippen LogP contribution in [0.1, 0.15) is 22.8 Å². The number of nitrogens with zero attached hydrogens (tertiary/aromatic N) is 1. The van der Waals surface area contributed by atoms with Crippen molar-refractivity contribution in [1.82, 2.24) is 0 Å². The maximum Gasteiger partial charge on any atom is 0.340 e. The first-order chi connectivity index (χ1) is 13.1. The number of carbonyl (C=O) groups is 2. The van der Waals surface area contributed by atoms with Crippen molar-refractivity contribution in [2.24, 2.45) is 5.14 Å². The number of hydrogen-bond acceptors (Lipinski definition) is 5. The zero-order valence-electron chi connectivity index (χ0n) is 14.7. The summed E-state index contributed by atoms with van der Waals surface area (Å²) in [6, 6.07) is 9.49. The van der Waals surface area contributed by atoms with Gasteiger partial charge in [0.15, 0.2) is 6.10 Å². The molecule has 0 radical (unpaired) electrons. The second kappa shape index (κ2) is 7.71. The minimum absolute atomic E-state index is 0.117. The van der Waals surface area contributed by atoms with Crippen molar-refractivity contribution < 1.29 is 22.7 Å². The number of sulfonamides is 1. The predicted molar refractivity (Wildman–Crippen MR) is 105 cm³/mol. The van der Waals surface area contributed by atoms with Gasteiger partial charge in [0.25, 0.3) is 5.91 Å². The van der Waals surface area contributed by atoms with Crippen LogP contribution in [0.3, 0.4) is 0 Å². The quantitative estimate of drug-likeness (QED) is 0.732. The number of rotatable bonds is 4. The third-order valence-corrected chi connectivity index (χ3v) is 6.02. The normalized spacial score (nSPS) is 14.5. The molecule has 0 spiro atoms. The van der Waals surface area contributed by atoms with E-state index >= 15 is 0 Å². The van der Waals surface area contributed by atoms with E-state index in [0.29, 0.717) is 13.0 Å². The van der Waals surface area contributed by atoms with Gasteiger partial charge in [0.05, 0.1) is 15.6 Å². The fraction of sp³-hybridized carbons (Fsp3) is 0.222. The molecule has 0 unspecified atom stereocenters. The number of carbonyl (C=O) groups excluding carboxylic acids is 2. The van der Waals surface area contributed by atoms with E-state index in [1.54, 1.807) is 4.90 Å². The first kappa shape index (κ1) is 20.6. The van der Waals surface area contributed by atoms with E-state index in [4.69, 9.17) is 33.1 Å². The van der Waals surface area contributed by atoms with E-state index in [1.165, 1.54) is 6.92 Å². The van der Waals surface area contributed by atoms with Crippen LogP contribution in [0.5, 0.6) is 0 Å². The molecule has 28 heavy (non-hydrogen) atoms. The van der Waals surface area contributed by atoms with E-state index in [0.717, 1.165) is 23.4 Å². The number of fused-ring (bicyclic) bond motifs is 1. The summed E-state index contributed by atoms with van der Waals surface area (Å²) in [5.74, 6) is -1.35. The number of nitrogens with two attached hydrogens (primary N) is 1. The van der Waals surface area contributed by atoms with Gasteiger partial charge >= 0.3 is 5.97 Å². The van der Waals surface area contributed by atoms with Gasteiger partial charge in [0, 0.05) is 12.2 Å². The highest BCUT2D eigenvalue weighted by Gasteiger charge is 2.31. The van der Waals surface area contributed by atoms with Gasteiger partial charge < -0.3 is 9.64 Å². The van der Waals surface area contributed by atoms with Gasteiger partial charge in [-0.1, -0.05) is 41.4 Å². The van der Waals surface area contributed by atoms with Crippen molar-refractivity contribution in [3.8, 4) is 0 Å². The molecule has 3 rings (SSSR count). The summed E-state index contributed by atoms with van der Waals surface area (Å²) in [6.07, 6.45) is -0.396. The topological polar surface area (TPSA) is 107 Å². The number of para-hydroxylation sites is 1. The van der Waals surface area contributed by atoms with Crippen molar-refractivity contribution in [1.29, 1.82) is 0 Å². The molecule has 0 saturated heterocycles. The van der Waals surface area contributed by atoms with E-state index in [2.05, 4.69) is 0 Å². The lowest BCUT2D eigenvalue weighted by molar-refractivity contribution is -0.126. The number of primary sulfonamides is 1. The summed E-state index contributed by atoms with van der Waals surface area (Å²) in [5.41, 5.74) is 1.56. The van der Waals surface area contributed by atoms with Crippen LogP contribution in [0, 0.1) is 0 Å². The molecular formula is C18H16Cl2N2O5S. The first-order valence-corrected chi connectivity index (χ1v) is 10.5. The molecule has 1 atom stereocenters. The number of halogens is 2. The predicted octanol–water partition coefficient (Wildman–Crippen LogP) is 2.78. The molecule has 2 aromatic rings. The van der Waals surface area contributed by atoms with Crippen LogP contribution in [-0.2, 0) is 26.0 Å². The van der Waals surface area contributed by atoms with Crippen molar-refractivity contribution >= 4 is 50.8 Å². The van der Waals surface area contributed by atoms with Crippen LogP contribution in [0.4, 0.5) is 5.69 Å². The smallest absolute Gasteiger partial charge is 0.340 e. The Bertz CT molecular complexity index is 1070. The molecule has 10 heteroatoms. The maximum absolute atomic E-state index is 12.7. The van der Waals surface area contributed by atoms with Crippen LogP contribution < -0.4 is 10.0 Å². The van der Waals surface area contributed by atoms with Gasteiger partial charge in [-0.2, -0.15) is 0 Å². The molecule has 1 aliphatic rings. The van der Waals surface area contributed by atoms with E-state index < -0.39 is 32.9 Å². The minimum atomic E-state index is -4.17. The SMILES string of the molecule is C[C@@H](OC(=O)c1cc(S(N)(=O)=O)c(Cl)cc1Cl)C(=O)N1CCc2ccccc21. The number of hydrogen-bond donors (Lipinski definition) is 1. The van der Waals surface area contributed by atoms with Crippen LogP contribution >= 0.6 is 23.2 Å². The lowest BCUT2D eigenvalue weighted by atomic mass is 10.2. The van der Waals surface area contributed by atoms with Crippen LogP contribution in [0.25, 0.3) is 0 Å². The first-order valence-electron chi connectivity index (χ1n) is 8.21. The van der Waals surface area contributed by atoms with Gasteiger partial charge in [0.1, 0.15) is 4.90 Å². The Balaban J connectivity index is 1.81. The fourth-order valence-electron chi connectivity index (χ4n) is 2.96. The number of anilines is 1. The molecule has 0 bridgehead atoms. The minimum Gasteiger partial charge on any atom is -0.449 e. The molecule has 1 amide bonds. The highest BCUT2D eigenvalue weighted by atomic mass is 35.5. The summed E-state index contributed by atoms with van der Waals surface area (Å²) in [7, 11) is -4.17. The molecule has 0 aliphatic carbocycles. The Labute approximate surface area is 172 Å². The Morgan fingerprint density at radius 2 is 1.86 bits per heavy atom. The number of esters is 1. The zero-order valence-corrected chi connectivity index (χ0v) is 17.0. The number of ether oxygens (including phenoxy) is 1. The Morgan fingerprint density at radius 1 is 1.18 bits per heavy atom. The average Bonchev–Trinajstić information content (AvgIpc) is 3.03. The van der Waals surface area contributed by atoms with Crippen LogP contribution in [0.15, 0.2) is 41.3 Å². The Morgan fingerprint density at radius 3 is 2.54 bits per heavy atom. The molecule has 1 heterocycles. The average molecular weight is 443 g/mol.